The molecular weight excluding hydrogens is 324 g/mol. The number of unbranched alkanes of at least 4 members (excludes halogenated alkanes) is 1. The number of thioether (sulfide) groups is 1. The molecule has 2 aromatic rings. The summed E-state index contributed by atoms with van der Waals surface area (Å²) in [4.78, 5) is 17.0. The average molecular weight is 348 g/mol. The van der Waals surface area contributed by atoms with Crippen molar-refractivity contribution < 1.29 is 9.21 Å². The van der Waals surface area contributed by atoms with Gasteiger partial charge in [0.05, 0.1) is 10.8 Å². The monoisotopic (exact) mass is 348 g/mol. The van der Waals surface area contributed by atoms with E-state index in [1.54, 1.807) is 11.8 Å². The van der Waals surface area contributed by atoms with Crippen LogP contribution in [0.4, 0.5) is 0 Å². The molecule has 1 aliphatic heterocycles. The smallest absolute Gasteiger partial charge is 0.236 e. The van der Waals surface area contributed by atoms with Gasteiger partial charge in [0.2, 0.25) is 11.7 Å². The highest BCUT2D eigenvalue weighted by Crippen LogP contribution is 2.34. The Morgan fingerprint density at radius 1 is 1.46 bits per heavy atom. The third-order valence-electron chi connectivity index (χ3n) is 4.16. The Morgan fingerprint density at radius 3 is 2.88 bits per heavy atom. The molecule has 3 heterocycles. The predicted molar refractivity (Wildman–Crippen MR) is 94.8 cm³/mol. The van der Waals surface area contributed by atoms with E-state index in [1.807, 2.05) is 37.6 Å². The van der Waals surface area contributed by atoms with Crippen LogP contribution in [0.5, 0.6) is 0 Å². The SMILES string of the molecule is CCCCn1nc(-c2ccc(C)o2)nc1[C@H]1CSC(C)(C)C(=O)N1. The molecule has 1 amide bonds. The van der Waals surface area contributed by atoms with Gasteiger partial charge in [0, 0.05) is 12.3 Å². The van der Waals surface area contributed by atoms with Crippen LogP contribution in [0.25, 0.3) is 11.6 Å². The molecule has 1 fully saturated rings. The lowest BCUT2D eigenvalue weighted by Gasteiger charge is -2.33. The molecule has 1 aliphatic rings. The average Bonchev–Trinajstić information content (AvgIpc) is 3.14. The summed E-state index contributed by atoms with van der Waals surface area (Å²) in [7, 11) is 0. The molecule has 0 bridgehead atoms. The maximum atomic E-state index is 12.3. The summed E-state index contributed by atoms with van der Waals surface area (Å²) in [5.74, 6) is 3.73. The Labute approximate surface area is 146 Å². The molecular formula is C17H24N4O2S. The quantitative estimate of drug-likeness (QED) is 0.897. The minimum absolute atomic E-state index is 0.0455. The van der Waals surface area contributed by atoms with Crippen molar-refractivity contribution in [2.75, 3.05) is 5.75 Å². The lowest BCUT2D eigenvalue weighted by molar-refractivity contribution is -0.123. The highest BCUT2D eigenvalue weighted by Gasteiger charge is 2.37. The first kappa shape index (κ1) is 17.1. The first-order valence-corrected chi connectivity index (χ1v) is 9.35. The van der Waals surface area contributed by atoms with E-state index in [0.717, 1.165) is 36.7 Å². The van der Waals surface area contributed by atoms with Crippen LogP contribution < -0.4 is 5.32 Å². The molecule has 130 valence electrons. The molecule has 0 aromatic carbocycles. The van der Waals surface area contributed by atoms with Crippen molar-refractivity contribution in [1.29, 1.82) is 0 Å². The Morgan fingerprint density at radius 2 is 2.25 bits per heavy atom. The Hall–Kier alpha value is -1.76. The van der Waals surface area contributed by atoms with Crippen molar-refractivity contribution in [3.8, 4) is 11.6 Å². The lowest BCUT2D eigenvalue weighted by Crippen LogP contribution is -2.48. The molecule has 0 spiro atoms. The topological polar surface area (TPSA) is 73.0 Å². The fraction of sp³-hybridized carbons (Fsp3) is 0.588. The second kappa shape index (κ2) is 6.63. The molecule has 0 unspecified atom stereocenters. The van der Waals surface area contributed by atoms with Crippen molar-refractivity contribution in [3.05, 3.63) is 23.7 Å². The molecule has 3 rings (SSSR count). The van der Waals surface area contributed by atoms with Crippen LogP contribution in [0.2, 0.25) is 0 Å². The minimum Gasteiger partial charge on any atom is -0.458 e. The summed E-state index contributed by atoms with van der Waals surface area (Å²) in [6, 6.07) is 3.67. The molecule has 0 radical (unpaired) electrons. The zero-order valence-corrected chi connectivity index (χ0v) is 15.4. The van der Waals surface area contributed by atoms with Gasteiger partial charge in [-0.3, -0.25) is 4.79 Å². The van der Waals surface area contributed by atoms with Crippen molar-refractivity contribution >= 4 is 17.7 Å². The third kappa shape index (κ3) is 3.36. The molecule has 2 aromatic heterocycles. The summed E-state index contributed by atoms with van der Waals surface area (Å²) in [5, 5.41) is 7.72. The normalized spacial score (nSPS) is 20.2. The Bertz CT molecular complexity index is 735. The van der Waals surface area contributed by atoms with Crippen molar-refractivity contribution in [3.63, 3.8) is 0 Å². The van der Waals surface area contributed by atoms with Crippen LogP contribution >= 0.6 is 11.8 Å². The number of aromatic nitrogens is 3. The summed E-state index contributed by atoms with van der Waals surface area (Å²) in [5.41, 5.74) is 0. The van der Waals surface area contributed by atoms with Crippen LogP contribution in [0.3, 0.4) is 0 Å². The second-order valence-electron chi connectivity index (χ2n) is 6.63. The van der Waals surface area contributed by atoms with Gasteiger partial charge in [0.25, 0.3) is 0 Å². The Kier molecular flexibility index (Phi) is 4.71. The number of hydrogen-bond donors (Lipinski definition) is 1. The molecule has 24 heavy (non-hydrogen) atoms. The van der Waals surface area contributed by atoms with Gasteiger partial charge in [0.15, 0.2) is 11.6 Å². The summed E-state index contributed by atoms with van der Waals surface area (Å²) >= 11 is 1.66. The molecule has 1 saturated heterocycles. The van der Waals surface area contributed by atoms with E-state index in [-0.39, 0.29) is 11.9 Å². The maximum Gasteiger partial charge on any atom is 0.236 e. The van der Waals surface area contributed by atoms with E-state index in [2.05, 4.69) is 22.3 Å². The number of carbonyl (C=O) groups excluding carboxylic acids is 1. The molecule has 1 atom stereocenters. The maximum absolute atomic E-state index is 12.3. The van der Waals surface area contributed by atoms with Crippen molar-refractivity contribution in [2.24, 2.45) is 0 Å². The molecule has 6 nitrogen and oxygen atoms in total. The zero-order chi connectivity index (χ0) is 17.3. The largest absolute Gasteiger partial charge is 0.458 e. The van der Waals surface area contributed by atoms with Gasteiger partial charge < -0.3 is 9.73 Å². The number of nitrogens with one attached hydrogen (secondary N) is 1. The van der Waals surface area contributed by atoms with Gasteiger partial charge in [0.1, 0.15) is 5.76 Å². The van der Waals surface area contributed by atoms with E-state index in [1.165, 1.54) is 0 Å². The number of amides is 1. The van der Waals surface area contributed by atoms with Gasteiger partial charge in [-0.1, -0.05) is 13.3 Å². The minimum atomic E-state index is -0.397. The highest BCUT2D eigenvalue weighted by molar-refractivity contribution is 8.01. The van der Waals surface area contributed by atoms with Crippen molar-refractivity contribution in [1.82, 2.24) is 20.1 Å². The number of hydrogen-bond acceptors (Lipinski definition) is 5. The van der Waals surface area contributed by atoms with Crippen LogP contribution in [0.15, 0.2) is 16.5 Å². The fourth-order valence-electron chi connectivity index (χ4n) is 2.61. The third-order valence-corrected chi connectivity index (χ3v) is 5.57. The standard InChI is InChI=1S/C17H24N4O2S/c1-5-6-9-21-15(12-10-24-17(3,4)16(22)18-12)19-14(20-21)13-8-7-11(2)23-13/h7-8,12H,5-6,9-10H2,1-4H3,(H,18,22)/t12-/m1/s1. The van der Waals surface area contributed by atoms with Crippen LogP contribution in [-0.4, -0.2) is 31.2 Å². The van der Waals surface area contributed by atoms with E-state index in [4.69, 9.17) is 4.42 Å². The van der Waals surface area contributed by atoms with Gasteiger partial charge in [-0.15, -0.1) is 16.9 Å². The van der Waals surface area contributed by atoms with Gasteiger partial charge >= 0.3 is 0 Å². The van der Waals surface area contributed by atoms with Gasteiger partial charge in [-0.25, -0.2) is 9.67 Å². The first-order valence-electron chi connectivity index (χ1n) is 8.37. The zero-order valence-electron chi connectivity index (χ0n) is 14.6. The molecule has 7 heteroatoms. The molecule has 0 aliphatic carbocycles. The fourth-order valence-corrected chi connectivity index (χ4v) is 3.62. The number of carbonyl (C=O) groups is 1. The number of rotatable bonds is 5. The predicted octanol–water partition coefficient (Wildman–Crippen LogP) is 3.33. The lowest BCUT2D eigenvalue weighted by atomic mass is 10.1. The highest BCUT2D eigenvalue weighted by atomic mass is 32.2. The number of aryl methyl sites for hydroxylation is 2. The van der Waals surface area contributed by atoms with Crippen LogP contribution in [0.1, 0.15) is 51.2 Å². The van der Waals surface area contributed by atoms with E-state index in [0.29, 0.717) is 11.6 Å². The second-order valence-corrected chi connectivity index (χ2v) is 8.27. The summed E-state index contributed by atoms with van der Waals surface area (Å²) in [6.45, 7) is 8.73. The van der Waals surface area contributed by atoms with E-state index >= 15 is 0 Å². The van der Waals surface area contributed by atoms with Crippen molar-refractivity contribution in [2.45, 2.75) is 57.9 Å². The Balaban J connectivity index is 1.90. The van der Waals surface area contributed by atoms with E-state index in [9.17, 15) is 4.79 Å². The molecule has 0 saturated carbocycles. The van der Waals surface area contributed by atoms with Gasteiger partial charge in [-0.05, 0) is 39.3 Å². The van der Waals surface area contributed by atoms with Gasteiger partial charge in [-0.2, -0.15) is 0 Å². The molecule has 1 N–H and O–H groups in total. The van der Waals surface area contributed by atoms with E-state index < -0.39 is 4.75 Å². The summed E-state index contributed by atoms with van der Waals surface area (Å²) < 4.78 is 7.17. The number of nitrogens with zero attached hydrogens (tertiary/aromatic N) is 3. The number of furan rings is 1. The summed E-state index contributed by atoms with van der Waals surface area (Å²) in [6.07, 6.45) is 2.10. The van der Waals surface area contributed by atoms with Crippen LogP contribution in [-0.2, 0) is 11.3 Å². The van der Waals surface area contributed by atoms with Crippen LogP contribution in [0, 0.1) is 6.92 Å². The first-order chi connectivity index (χ1) is 11.4.